The molecule has 1 atom stereocenters. The molecule has 0 amide bonds. The normalized spacial score (nSPS) is 19.7. The predicted molar refractivity (Wildman–Crippen MR) is 116 cm³/mol. The zero-order valence-electron chi connectivity index (χ0n) is 16.9. The number of nitrogens with one attached hydrogen (secondary N) is 1. The van der Waals surface area contributed by atoms with E-state index in [4.69, 9.17) is 4.99 Å². The number of benzene rings is 2. The molecular formula is C23H33N3. The van der Waals surface area contributed by atoms with Crippen LogP contribution in [0.15, 0.2) is 53.7 Å². The lowest BCUT2D eigenvalue weighted by Gasteiger charge is -2.15. The Morgan fingerprint density at radius 1 is 1.08 bits per heavy atom. The zero-order valence-corrected chi connectivity index (χ0v) is 16.9. The molecule has 3 heteroatoms. The topological polar surface area (TPSA) is 27.6 Å². The van der Waals surface area contributed by atoms with Gasteiger partial charge in [0.2, 0.25) is 0 Å². The van der Waals surface area contributed by atoms with Crippen LogP contribution in [-0.2, 0) is 0 Å². The van der Waals surface area contributed by atoms with Crippen molar-refractivity contribution in [2.45, 2.75) is 40.2 Å². The van der Waals surface area contributed by atoms with Gasteiger partial charge in [-0.1, -0.05) is 50.2 Å². The summed E-state index contributed by atoms with van der Waals surface area (Å²) in [5.74, 6) is 0. The molecule has 1 unspecified atom stereocenters. The molecule has 3 nitrogen and oxygen atoms in total. The molecule has 0 saturated carbocycles. The van der Waals surface area contributed by atoms with Crippen molar-refractivity contribution in [3.63, 3.8) is 0 Å². The third kappa shape index (κ3) is 5.52. The van der Waals surface area contributed by atoms with E-state index in [9.17, 15) is 0 Å². The van der Waals surface area contributed by atoms with E-state index in [0.29, 0.717) is 6.04 Å². The summed E-state index contributed by atoms with van der Waals surface area (Å²) in [4.78, 5) is 7.12. The van der Waals surface area contributed by atoms with E-state index < -0.39 is 0 Å². The number of hydrogen-bond donors (Lipinski definition) is 1. The average Bonchev–Trinajstić information content (AvgIpc) is 2.91. The van der Waals surface area contributed by atoms with E-state index in [1.807, 2.05) is 20.0 Å². The molecule has 140 valence electrons. The van der Waals surface area contributed by atoms with E-state index in [-0.39, 0.29) is 0 Å². The van der Waals surface area contributed by atoms with Crippen molar-refractivity contribution in [3.8, 4) is 0 Å². The fourth-order valence-electron chi connectivity index (χ4n) is 3.15. The SMILES string of the molecule is CC.CC(=N/C=C(\C)c1ccc2ccccc2c1)C1CCN(C)CCN1. The molecule has 1 aliphatic heterocycles. The third-order valence-electron chi connectivity index (χ3n) is 4.85. The van der Waals surface area contributed by atoms with Gasteiger partial charge >= 0.3 is 0 Å². The number of likely N-dealkylation sites (N-methyl/N-ethyl adjacent to an activating group) is 1. The molecule has 1 aliphatic rings. The molecule has 0 aromatic heterocycles. The lowest BCUT2D eigenvalue weighted by molar-refractivity contribution is 0.357. The van der Waals surface area contributed by atoms with Crippen molar-refractivity contribution in [3.05, 3.63) is 54.2 Å². The minimum Gasteiger partial charge on any atom is -0.308 e. The van der Waals surface area contributed by atoms with Gasteiger partial charge in [0.15, 0.2) is 0 Å². The third-order valence-corrected chi connectivity index (χ3v) is 4.85. The van der Waals surface area contributed by atoms with Crippen molar-refractivity contribution in [1.82, 2.24) is 10.2 Å². The van der Waals surface area contributed by atoms with Crippen molar-refractivity contribution in [2.75, 3.05) is 26.7 Å². The molecule has 0 radical (unpaired) electrons. The number of rotatable bonds is 3. The number of nitrogens with zero attached hydrogens (tertiary/aromatic N) is 2. The fraction of sp³-hybridized carbons (Fsp3) is 0.435. The van der Waals surface area contributed by atoms with Crippen LogP contribution in [0, 0.1) is 0 Å². The maximum atomic E-state index is 4.74. The summed E-state index contributed by atoms with van der Waals surface area (Å²) < 4.78 is 0. The smallest absolute Gasteiger partial charge is 0.0465 e. The van der Waals surface area contributed by atoms with Gasteiger partial charge in [0.25, 0.3) is 0 Å². The molecule has 1 N–H and O–H groups in total. The van der Waals surface area contributed by atoms with Crippen LogP contribution in [0.1, 0.15) is 39.7 Å². The number of allylic oxidation sites excluding steroid dienone is 1. The first-order chi connectivity index (χ1) is 12.6. The van der Waals surface area contributed by atoms with Gasteiger partial charge in [0.05, 0.1) is 0 Å². The Morgan fingerprint density at radius 2 is 1.81 bits per heavy atom. The summed E-state index contributed by atoms with van der Waals surface area (Å²) >= 11 is 0. The highest BCUT2D eigenvalue weighted by Crippen LogP contribution is 2.21. The number of fused-ring (bicyclic) bond motifs is 1. The first-order valence-corrected chi connectivity index (χ1v) is 9.75. The van der Waals surface area contributed by atoms with Crippen LogP contribution in [0.5, 0.6) is 0 Å². The summed E-state index contributed by atoms with van der Waals surface area (Å²) in [5, 5.41) is 6.15. The standard InChI is InChI=1S/C21H27N3.C2H6/c1-16(19-9-8-18-6-4-5-7-20(18)14-19)15-23-17(2)21-10-12-24(3)13-11-22-21;1-2/h4-9,14-15,21-22H,10-13H2,1-3H3;1-2H3/b16-15+,23-17?;. The first kappa shape index (κ1) is 20.3. The van der Waals surface area contributed by atoms with E-state index in [2.05, 4.69) is 73.6 Å². The van der Waals surface area contributed by atoms with Crippen molar-refractivity contribution in [1.29, 1.82) is 0 Å². The molecule has 26 heavy (non-hydrogen) atoms. The minimum atomic E-state index is 0.385. The highest BCUT2D eigenvalue weighted by Gasteiger charge is 2.15. The quantitative estimate of drug-likeness (QED) is 0.790. The molecule has 0 spiro atoms. The van der Waals surface area contributed by atoms with Gasteiger partial charge < -0.3 is 10.2 Å². The summed E-state index contributed by atoms with van der Waals surface area (Å²) in [7, 11) is 2.18. The molecule has 0 aliphatic carbocycles. The van der Waals surface area contributed by atoms with Gasteiger partial charge in [0, 0.05) is 31.0 Å². The van der Waals surface area contributed by atoms with E-state index in [0.717, 1.165) is 26.1 Å². The Labute approximate surface area is 158 Å². The van der Waals surface area contributed by atoms with Crippen LogP contribution in [0.25, 0.3) is 16.3 Å². The second-order valence-corrected chi connectivity index (χ2v) is 6.74. The second kappa shape index (κ2) is 10.2. The van der Waals surface area contributed by atoms with Crippen LogP contribution in [0.3, 0.4) is 0 Å². The van der Waals surface area contributed by atoms with E-state index in [1.165, 1.54) is 27.6 Å². The van der Waals surface area contributed by atoms with E-state index in [1.54, 1.807) is 0 Å². The highest BCUT2D eigenvalue weighted by atomic mass is 15.1. The molecule has 2 aromatic rings. The largest absolute Gasteiger partial charge is 0.308 e. The monoisotopic (exact) mass is 351 g/mol. The Balaban J connectivity index is 0.00000117. The van der Waals surface area contributed by atoms with Crippen molar-refractivity contribution in [2.24, 2.45) is 4.99 Å². The van der Waals surface area contributed by atoms with Gasteiger partial charge in [-0.15, -0.1) is 0 Å². The molecule has 1 saturated heterocycles. The van der Waals surface area contributed by atoms with Gasteiger partial charge in [-0.2, -0.15) is 0 Å². The molecule has 1 heterocycles. The molecule has 2 aromatic carbocycles. The first-order valence-electron chi connectivity index (χ1n) is 9.75. The maximum absolute atomic E-state index is 4.74. The summed E-state index contributed by atoms with van der Waals surface area (Å²) in [6.45, 7) is 11.5. The van der Waals surface area contributed by atoms with Gasteiger partial charge in [-0.3, -0.25) is 4.99 Å². The van der Waals surface area contributed by atoms with Crippen LogP contribution in [-0.4, -0.2) is 43.3 Å². The Bertz CT molecular complexity index is 761. The molecule has 0 bridgehead atoms. The lowest BCUT2D eigenvalue weighted by Crippen LogP contribution is -2.35. The predicted octanol–water partition coefficient (Wildman–Crippen LogP) is 4.98. The highest BCUT2D eigenvalue weighted by molar-refractivity contribution is 5.89. The van der Waals surface area contributed by atoms with Crippen LogP contribution in [0.4, 0.5) is 0 Å². The van der Waals surface area contributed by atoms with Gasteiger partial charge in [0.1, 0.15) is 0 Å². The number of hydrogen-bond acceptors (Lipinski definition) is 3. The maximum Gasteiger partial charge on any atom is 0.0465 e. The second-order valence-electron chi connectivity index (χ2n) is 6.74. The van der Waals surface area contributed by atoms with Crippen molar-refractivity contribution < 1.29 is 0 Å². The molecular weight excluding hydrogens is 318 g/mol. The molecule has 3 rings (SSSR count). The summed E-state index contributed by atoms with van der Waals surface area (Å²) in [6, 6.07) is 15.5. The average molecular weight is 352 g/mol. The van der Waals surface area contributed by atoms with Gasteiger partial charge in [-0.05, 0) is 61.8 Å². The Kier molecular flexibility index (Phi) is 8.02. The number of aliphatic imine (C=N–C) groups is 1. The van der Waals surface area contributed by atoms with Crippen molar-refractivity contribution >= 4 is 22.1 Å². The Hall–Kier alpha value is -1.97. The molecule has 1 fully saturated rings. The van der Waals surface area contributed by atoms with Crippen LogP contribution >= 0.6 is 0 Å². The van der Waals surface area contributed by atoms with E-state index >= 15 is 0 Å². The lowest BCUT2D eigenvalue weighted by atomic mass is 10.0. The minimum absolute atomic E-state index is 0.385. The van der Waals surface area contributed by atoms with Crippen LogP contribution in [0.2, 0.25) is 0 Å². The summed E-state index contributed by atoms with van der Waals surface area (Å²) in [6.07, 6.45) is 3.13. The fourth-order valence-corrected chi connectivity index (χ4v) is 3.15. The van der Waals surface area contributed by atoms with Crippen LogP contribution < -0.4 is 5.32 Å². The summed E-state index contributed by atoms with van der Waals surface area (Å²) in [5.41, 5.74) is 3.61. The Morgan fingerprint density at radius 3 is 2.58 bits per heavy atom. The zero-order chi connectivity index (χ0) is 18.9. The van der Waals surface area contributed by atoms with Gasteiger partial charge in [-0.25, -0.2) is 0 Å².